The third-order valence-electron chi connectivity index (χ3n) is 6.03. The van der Waals surface area contributed by atoms with E-state index in [1.807, 2.05) is 30.3 Å². The molecule has 0 saturated carbocycles. The minimum absolute atomic E-state index is 0.125. The van der Waals surface area contributed by atoms with Crippen molar-refractivity contribution in [2.24, 2.45) is 0 Å². The summed E-state index contributed by atoms with van der Waals surface area (Å²) in [5.41, 5.74) is 7.37. The molecule has 5 rings (SSSR count). The Morgan fingerprint density at radius 3 is 2.59 bits per heavy atom. The minimum Gasteiger partial charge on any atom is -0.457 e. The predicted molar refractivity (Wildman–Crippen MR) is 129 cm³/mol. The number of aromatic nitrogens is 4. The molecule has 3 heterocycles. The molecule has 0 aliphatic carbocycles. The first-order valence-corrected chi connectivity index (χ1v) is 11.0. The van der Waals surface area contributed by atoms with E-state index in [9.17, 15) is 9.59 Å². The quantitative estimate of drug-likeness (QED) is 0.447. The maximum atomic E-state index is 13.6. The van der Waals surface area contributed by atoms with Gasteiger partial charge in [0.2, 0.25) is 5.91 Å². The monoisotopic (exact) mass is 456 g/mol. The molecule has 2 N–H and O–H groups in total. The van der Waals surface area contributed by atoms with Crippen molar-refractivity contribution in [1.82, 2.24) is 24.0 Å². The lowest BCUT2D eigenvalue weighted by Crippen LogP contribution is -2.39. The number of carbonyl (C=O) groups excluding carboxylic acids is 1. The van der Waals surface area contributed by atoms with E-state index in [-0.39, 0.29) is 23.5 Å². The van der Waals surface area contributed by atoms with E-state index >= 15 is 0 Å². The first-order chi connectivity index (χ1) is 16.6. The number of carbonyl (C=O) groups is 1. The summed E-state index contributed by atoms with van der Waals surface area (Å²) >= 11 is 0. The van der Waals surface area contributed by atoms with Gasteiger partial charge in [0.1, 0.15) is 23.3 Å². The second kappa shape index (κ2) is 8.86. The van der Waals surface area contributed by atoms with Gasteiger partial charge in [0, 0.05) is 13.1 Å². The van der Waals surface area contributed by atoms with Gasteiger partial charge in [0.05, 0.1) is 11.7 Å². The number of nitrogen functional groups attached to an aromatic ring is 1. The Hall–Kier alpha value is -4.40. The Balaban J connectivity index is 1.53. The molecule has 1 atom stereocenters. The van der Waals surface area contributed by atoms with E-state index < -0.39 is 0 Å². The van der Waals surface area contributed by atoms with E-state index in [0.29, 0.717) is 35.7 Å². The zero-order valence-electron chi connectivity index (χ0n) is 18.5. The number of amides is 1. The van der Waals surface area contributed by atoms with Crippen LogP contribution < -0.4 is 16.2 Å². The van der Waals surface area contributed by atoms with Crippen LogP contribution in [0.4, 0.5) is 5.82 Å². The molecule has 0 bridgehead atoms. The topological polar surface area (TPSA) is 108 Å². The van der Waals surface area contributed by atoms with Crippen LogP contribution in [-0.2, 0) is 11.3 Å². The van der Waals surface area contributed by atoms with Gasteiger partial charge in [0.15, 0.2) is 11.5 Å². The number of nitrogens with two attached hydrogens (primary N) is 1. The van der Waals surface area contributed by atoms with Crippen molar-refractivity contribution in [2.75, 3.05) is 12.3 Å². The summed E-state index contributed by atoms with van der Waals surface area (Å²) in [6.07, 6.45) is 4.32. The van der Waals surface area contributed by atoms with Gasteiger partial charge in [-0.25, -0.2) is 14.8 Å². The summed E-state index contributed by atoms with van der Waals surface area (Å²) in [7, 11) is 0. The third-order valence-corrected chi connectivity index (χ3v) is 6.03. The average molecular weight is 457 g/mol. The molecule has 34 heavy (non-hydrogen) atoms. The summed E-state index contributed by atoms with van der Waals surface area (Å²) in [6.45, 7) is 4.55. The van der Waals surface area contributed by atoms with E-state index in [2.05, 4.69) is 16.5 Å². The molecular weight excluding hydrogens is 432 g/mol. The van der Waals surface area contributed by atoms with Crippen LogP contribution in [0.15, 0.2) is 78.4 Å². The number of fused-ring (bicyclic) bond motifs is 1. The molecule has 9 nitrogen and oxygen atoms in total. The van der Waals surface area contributed by atoms with Crippen LogP contribution in [0.1, 0.15) is 12.8 Å². The molecule has 9 heteroatoms. The minimum atomic E-state index is -0.295. The number of rotatable bonds is 6. The number of anilines is 1. The normalized spacial score (nSPS) is 15.5. The maximum absolute atomic E-state index is 13.6. The summed E-state index contributed by atoms with van der Waals surface area (Å²) in [4.78, 5) is 36.1. The van der Waals surface area contributed by atoms with E-state index in [4.69, 9.17) is 10.5 Å². The largest absolute Gasteiger partial charge is 0.457 e. The number of likely N-dealkylation sites (tertiary alicyclic amines) is 1. The second-order valence-corrected chi connectivity index (χ2v) is 8.10. The average Bonchev–Trinajstić information content (AvgIpc) is 3.44. The maximum Gasteiger partial charge on any atom is 0.335 e. The van der Waals surface area contributed by atoms with Crippen molar-refractivity contribution in [3.05, 3.63) is 84.1 Å². The second-order valence-electron chi connectivity index (χ2n) is 8.10. The Bertz CT molecular complexity index is 1410. The van der Waals surface area contributed by atoms with Gasteiger partial charge in [-0.1, -0.05) is 24.8 Å². The highest BCUT2D eigenvalue weighted by Gasteiger charge is 2.30. The molecule has 1 amide bonds. The molecule has 1 fully saturated rings. The molecule has 0 unspecified atom stereocenters. The van der Waals surface area contributed by atoms with Crippen LogP contribution in [0.2, 0.25) is 0 Å². The molecule has 172 valence electrons. The van der Waals surface area contributed by atoms with E-state index in [1.165, 1.54) is 17.0 Å². The van der Waals surface area contributed by atoms with Gasteiger partial charge >= 0.3 is 5.69 Å². The Labute approximate surface area is 195 Å². The molecule has 0 spiro atoms. The van der Waals surface area contributed by atoms with E-state index in [0.717, 1.165) is 18.6 Å². The van der Waals surface area contributed by atoms with Crippen molar-refractivity contribution in [3.8, 4) is 17.2 Å². The van der Waals surface area contributed by atoms with Gasteiger partial charge in [-0.15, -0.1) is 0 Å². The highest BCUT2D eigenvalue weighted by atomic mass is 16.5. The standard InChI is InChI=1S/C25H24N6O3/c1-2-21(32)29-14-6-7-18(29)15-30-24-22(23(26)27-16-28-24)31(25(30)33)17-10-12-20(13-11-17)34-19-8-4-3-5-9-19/h2-5,8-13,16,18H,1,6-7,14-15H2,(H2,26,27,28)/t18-/m0/s1. The van der Waals surface area contributed by atoms with Crippen LogP contribution in [0.5, 0.6) is 11.5 Å². The molecule has 1 aliphatic heterocycles. The van der Waals surface area contributed by atoms with Gasteiger partial charge in [-0.05, 0) is 55.3 Å². The van der Waals surface area contributed by atoms with Crippen LogP contribution in [-0.4, -0.2) is 42.5 Å². The zero-order valence-corrected chi connectivity index (χ0v) is 18.5. The summed E-state index contributed by atoms with van der Waals surface area (Å²) in [6, 6.07) is 16.5. The molecule has 2 aromatic carbocycles. The van der Waals surface area contributed by atoms with Crippen LogP contribution in [0, 0.1) is 0 Å². The predicted octanol–water partition coefficient (Wildman–Crippen LogP) is 3.13. The van der Waals surface area contributed by atoms with Crippen LogP contribution >= 0.6 is 0 Å². The van der Waals surface area contributed by atoms with Crippen molar-refractivity contribution in [2.45, 2.75) is 25.4 Å². The smallest absolute Gasteiger partial charge is 0.335 e. The Kier molecular flexibility index (Phi) is 5.59. The number of ether oxygens (including phenoxy) is 1. The number of imidazole rings is 1. The van der Waals surface area contributed by atoms with Gasteiger partial charge in [0.25, 0.3) is 0 Å². The Morgan fingerprint density at radius 2 is 1.85 bits per heavy atom. The fourth-order valence-electron chi connectivity index (χ4n) is 4.44. The van der Waals surface area contributed by atoms with Crippen molar-refractivity contribution in [1.29, 1.82) is 0 Å². The molecule has 0 radical (unpaired) electrons. The van der Waals surface area contributed by atoms with E-state index in [1.54, 1.807) is 33.7 Å². The van der Waals surface area contributed by atoms with Crippen LogP contribution in [0.3, 0.4) is 0 Å². The lowest BCUT2D eigenvalue weighted by molar-refractivity contribution is -0.127. The molecule has 1 saturated heterocycles. The third kappa shape index (κ3) is 3.81. The zero-order chi connectivity index (χ0) is 23.7. The first-order valence-electron chi connectivity index (χ1n) is 11.0. The molecule has 1 aliphatic rings. The molecule has 4 aromatic rings. The SMILES string of the molecule is C=CC(=O)N1CCC[C@H]1Cn1c(=O)n(-c2ccc(Oc3ccccc3)cc2)c2c(N)ncnc21. The fraction of sp³-hybridized carbons (Fsp3) is 0.200. The van der Waals surface area contributed by atoms with Crippen molar-refractivity contribution >= 4 is 22.9 Å². The highest BCUT2D eigenvalue weighted by Crippen LogP contribution is 2.26. The number of benzene rings is 2. The summed E-state index contributed by atoms with van der Waals surface area (Å²) in [5, 5.41) is 0. The fourth-order valence-corrected chi connectivity index (χ4v) is 4.44. The number of hydrogen-bond donors (Lipinski definition) is 1. The van der Waals surface area contributed by atoms with Crippen molar-refractivity contribution < 1.29 is 9.53 Å². The molecular formula is C25H24N6O3. The van der Waals surface area contributed by atoms with Gasteiger partial charge in [-0.2, -0.15) is 0 Å². The Morgan fingerprint density at radius 1 is 1.12 bits per heavy atom. The van der Waals surface area contributed by atoms with Crippen molar-refractivity contribution in [3.63, 3.8) is 0 Å². The summed E-state index contributed by atoms with van der Waals surface area (Å²) < 4.78 is 8.94. The first kappa shape index (κ1) is 21.4. The van der Waals surface area contributed by atoms with Gasteiger partial charge in [-0.3, -0.25) is 13.9 Å². The number of para-hydroxylation sites is 1. The van der Waals surface area contributed by atoms with Crippen LogP contribution in [0.25, 0.3) is 16.9 Å². The highest BCUT2D eigenvalue weighted by molar-refractivity contribution is 5.87. The number of hydrogen-bond acceptors (Lipinski definition) is 6. The summed E-state index contributed by atoms with van der Waals surface area (Å²) in [5.74, 6) is 1.43. The lowest BCUT2D eigenvalue weighted by Gasteiger charge is -2.23. The lowest BCUT2D eigenvalue weighted by atomic mass is 10.2. The molecule has 2 aromatic heterocycles. The van der Waals surface area contributed by atoms with Gasteiger partial charge < -0.3 is 15.4 Å². The number of nitrogens with zero attached hydrogens (tertiary/aromatic N) is 5.